The number of hydrogen-bond acceptors (Lipinski definition) is 6. The lowest BCUT2D eigenvalue weighted by Gasteiger charge is -1.71. The molecule has 0 rings (SSSR count). The van der Waals surface area contributed by atoms with Gasteiger partial charge in [-0.3, -0.25) is 0 Å². The molecule has 0 bridgehead atoms. The standard InChI is InChI=1S/2C2H7NO.BH2O2/c2*3-1-2-4;2-1-3/h2*4H,1-3H2;2-3H. The lowest BCUT2D eigenvalue weighted by Crippen LogP contribution is -2.02. The average molecular weight is 167 g/mol. The summed E-state index contributed by atoms with van der Waals surface area (Å²) in [4.78, 5) is 0. The third kappa shape index (κ3) is 181. The third-order valence-electron chi connectivity index (χ3n) is 0.258. The van der Waals surface area contributed by atoms with Crippen molar-refractivity contribution < 1.29 is 20.3 Å². The molecule has 0 spiro atoms. The smallest absolute Gasteiger partial charge is 0.429 e. The van der Waals surface area contributed by atoms with Gasteiger partial charge in [0, 0.05) is 13.1 Å². The molecule has 0 aromatic rings. The van der Waals surface area contributed by atoms with Crippen LogP contribution < -0.4 is 11.5 Å². The molecule has 0 aliphatic heterocycles. The van der Waals surface area contributed by atoms with Crippen LogP contribution in [0.1, 0.15) is 0 Å². The van der Waals surface area contributed by atoms with Gasteiger partial charge in [-0.05, 0) is 0 Å². The van der Waals surface area contributed by atoms with Crippen molar-refractivity contribution in [2.45, 2.75) is 0 Å². The van der Waals surface area contributed by atoms with E-state index >= 15 is 0 Å². The van der Waals surface area contributed by atoms with Crippen molar-refractivity contribution in [2.75, 3.05) is 26.3 Å². The summed E-state index contributed by atoms with van der Waals surface area (Å²) in [5.74, 6) is 0. The predicted molar refractivity (Wildman–Crippen MR) is 42.5 cm³/mol. The zero-order chi connectivity index (χ0) is 9.54. The summed E-state index contributed by atoms with van der Waals surface area (Å²) in [7, 11) is 0. The second kappa shape index (κ2) is 32.9. The Morgan fingerprint density at radius 2 is 1.00 bits per heavy atom. The van der Waals surface area contributed by atoms with E-state index < -0.39 is 0 Å². The van der Waals surface area contributed by atoms with Gasteiger partial charge in [0.25, 0.3) is 0 Å². The summed E-state index contributed by atoms with van der Waals surface area (Å²) >= 11 is 0. The van der Waals surface area contributed by atoms with E-state index in [0.29, 0.717) is 13.1 Å². The molecule has 0 unspecified atom stereocenters. The Morgan fingerprint density at radius 3 is 1.00 bits per heavy atom. The van der Waals surface area contributed by atoms with Crippen molar-refractivity contribution >= 4 is 7.69 Å². The molecule has 6 nitrogen and oxygen atoms in total. The number of nitrogens with two attached hydrogens (primary N) is 2. The minimum Gasteiger partial charge on any atom is -0.429 e. The lowest BCUT2D eigenvalue weighted by atomic mass is 10.5. The summed E-state index contributed by atoms with van der Waals surface area (Å²) in [6, 6.07) is 0. The Balaban J connectivity index is -0.0000000886. The van der Waals surface area contributed by atoms with Crippen molar-refractivity contribution in [3.8, 4) is 0 Å². The molecule has 0 atom stereocenters. The molecular formula is C4H16BN2O4. The van der Waals surface area contributed by atoms with Crippen LogP contribution in [-0.4, -0.2) is 54.2 Å². The summed E-state index contributed by atoms with van der Waals surface area (Å²) in [6.07, 6.45) is 0. The molecule has 8 N–H and O–H groups in total. The number of aliphatic hydroxyl groups is 2. The van der Waals surface area contributed by atoms with Crippen molar-refractivity contribution in [1.29, 1.82) is 0 Å². The van der Waals surface area contributed by atoms with E-state index in [4.69, 9.17) is 31.7 Å². The maximum Gasteiger partial charge on any atom is 0.482 e. The van der Waals surface area contributed by atoms with E-state index in [-0.39, 0.29) is 20.9 Å². The van der Waals surface area contributed by atoms with Gasteiger partial charge in [0.2, 0.25) is 0 Å². The normalized spacial score (nSPS) is 6.73. The Hall–Kier alpha value is -0.175. The molecule has 11 heavy (non-hydrogen) atoms. The summed E-state index contributed by atoms with van der Waals surface area (Å²) in [6.45, 7) is 0.944. The molecule has 0 fully saturated rings. The largest absolute Gasteiger partial charge is 0.482 e. The van der Waals surface area contributed by atoms with Gasteiger partial charge < -0.3 is 31.7 Å². The fourth-order valence-corrected chi connectivity index (χ4v) is 0. The molecule has 0 aromatic carbocycles. The highest BCUT2D eigenvalue weighted by atomic mass is 16.4. The van der Waals surface area contributed by atoms with E-state index in [1.165, 1.54) is 0 Å². The van der Waals surface area contributed by atoms with Gasteiger partial charge in [-0.2, -0.15) is 0 Å². The maximum absolute atomic E-state index is 7.75. The Labute approximate surface area is 66.8 Å². The van der Waals surface area contributed by atoms with E-state index in [1.807, 2.05) is 0 Å². The monoisotopic (exact) mass is 167 g/mol. The third-order valence-corrected chi connectivity index (χ3v) is 0.258. The quantitative estimate of drug-likeness (QED) is 0.235. The van der Waals surface area contributed by atoms with Gasteiger partial charge in [-0.1, -0.05) is 0 Å². The van der Waals surface area contributed by atoms with Crippen LogP contribution in [0.2, 0.25) is 0 Å². The topological polar surface area (TPSA) is 133 Å². The maximum atomic E-state index is 7.75. The van der Waals surface area contributed by atoms with E-state index in [1.54, 1.807) is 0 Å². The molecule has 1 radical (unpaired) electrons. The van der Waals surface area contributed by atoms with Gasteiger partial charge in [0.15, 0.2) is 0 Å². The summed E-state index contributed by atoms with van der Waals surface area (Å²) in [5, 5.41) is 29.5. The number of rotatable bonds is 2. The first-order valence-corrected chi connectivity index (χ1v) is 2.97. The van der Waals surface area contributed by atoms with E-state index in [9.17, 15) is 0 Å². The van der Waals surface area contributed by atoms with Crippen molar-refractivity contribution in [3.05, 3.63) is 0 Å². The molecule has 0 aliphatic carbocycles. The molecule has 0 aliphatic rings. The Kier molecular flexibility index (Phi) is 51.0. The van der Waals surface area contributed by atoms with Crippen LogP contribution >= 0.6 is 0 Å². The second-order valence-electron chi connectivity index (χ2n) is 1.14. The SMILES string of the molecule is NCCO.NCCO.O[B]O. The number of aliphatic hydroxyl groups excluding tert-OH is 2. The van der Waals surface area contributed by atoms with Gasteiger partial charge in [0.05, 0.1) is 13.2 Å². The van der Waals surface area contributed by atoms with Gasteiger partial charge >= 0.3 is 7.69 Å². The van der Waals surface area contributed by atoms with Crippen molar-refractivity contribution in [2.24, 2.45) is 11.5 Å². The first kappa shape index (κ1) is 17.1. The van der Waals surface area contributed by atoms with Crippen LogP contribution in [0, 0.1) is 0 Å². The highest BCUT2D eigenvalue weighted by Crippen LogP contribution is 1.33. The van der Waals surface area contributed by atoms with Crippen LogP contribution in [0.3, 0.4) is 0 Å². The fourth-order valence-electron chi connectivity index (χ4n) is 0. The highest BCUT2D eigenvalue weighted by Gasteiger charge is 1.56. The molecule has 0 aromatic heterocycles. The average Bonchev–Trinajstić information content (AvgIpc) is 2.06. The minimum atomic E-state index is 0. The summed E-state index contributed by atoms with van der Waals surface area (Å²) in [5.41, 5.74) is 9.56. The Morgan fingerprint density at radius 1 is 0.909 bits per heavy atom. The predicted octanol–water partition coefficient (Wildman–Crippen LogP) is -3.62. The second-order valence-corrected chi connectivity index (χ2v) is 1.14. The van der Waals surface area contributed by atoms with Crippen LogP contribution in [-0.2, 0) is 0 Å². The molecule has 0 saturated heterocycles. The van der Waals surface area contributed by atoms with E-state index in [0.717, 1.165) is 0 Å². The van der Waals surface area contributed by atoms with Crippen molar-refractivity contribution in [1.82, 2.24) is 0 Å². The zero-order valence-electron chi connectivity index (χ0n) is 6.35. The van der Waals surface area contributed by atoms with E-state index in [2.05, 4.69) is 0 Å². The van der Waals surface area contributed by atoms with Crippen LogP contribution in [0.25, 0.3) is 0 Å². The first-order chi connectivity index (χ1) is 5.24. The Bertz CT molecular complexity index is 35.3. The lowest BCUT2D eigenvalue weighted by molar-refractivity contribution is 0.306. The van der Waals surface area contributed by atoms with Crippen LogP contribution in [0.4, 0.5) is 0 Å². The van der Waals surface area contributed by atoms with Crippen LogP contribution in [0.5, 0.6) is 0 Å². The minimum absolute atomic E-state index is 0. The van der Waals surface area contributed by atoms with Crippen molar-refractivity contribution in [3.63, 3.8) is 0 Å². The van der Waals surface area contributed by atoms with Gasteiger partial charge in [0.1, 0.15) is 0 Å². The summed E-state index contributed by atoms with van der Waals surface area (Å²) < 4.78 is 0. The number of hydrogen-bond donors (Lipinski definition) is 6. The molecule has 0 saturated carbocycles. The van der Waals surface area contributed by atoms with Gasteiger partial charge in [-0.15, -0.1) is 0 Å². The zero-order valence-corrected chi connectivity index (χ0v) is 6.35. The fraction of sp³-hybridized carbons (Fsp3) is 1.00. The molecule has 0 amide bonds. The van der Waals surface area contributed by atoms with Crippen LogP contribution in [0.15, 0.2) is 0 Å². The molecule has 7 heteroatoms. The van der Waals surface area contributed by atoms with Gasteiger partial charge in [-0.25, -0.2) is 0 Å². The molecule has 69 valence electrons. The first-order valence-electron chi connectivity index (χ1n) is 2.97. The highest BCUT2D eigenvalue weighted by molar-refractivity contribution is 6.13. The molecule has 0 heterocycles. The molecular weight excluding hydrogens is 151 g/mol.